The maximum atomic E-state index is 12.6. The third-order valence-electron chi connectivity index (χ3n) is 4.74. The van der Waals surface area contributed by atoms with Crippen molar-refractivity contribution in [1.82, 2.24) is 20.6 Å². The number of rotatable bonds is 4. The number of hydrogen-bond donors (Lipinski definition) is 2. The van der Waals surface area contributed by atoms with Gasteiger partial charge in [0, 0.05) is 16.3 Å². The quantitative estimate of drug-likeness (QED) is 0.668. The van der Waals surface area contributed by atoms with E-state index in [4.69, 9.17) is 11.6 Å². The smallest absolute Gasteiger partial charge is 0.273 e. The standard InChI is InChI=1S/C21H19ClN4O2/c22-15-11-9-14(10-12-15)13-19(27)23-24-21(28)20-17-7-4-8-18(17)26(25-20)16-5-2-1-3-6-16/h1-3,5-6,9-12H,4,7-8,13H2,(H,23,27)(H,24,28). The molecule has 0 saturated heterocycles. The zero-order chi connectivity index (χ0) is 19.5. The van der Waals surface area contributed by atoms with E-state index < -0.39 is 5.91 Å². The predicted molar refractivity (Wildman–Crippen MR) is 106 cm³/mol. The molecule has 0 saturated carbocycles. The Morgan fingerprint density at radius 1 is 1.00 bits per heavy atom. The van der Waals surface area contributed by atoms with Crippen molar-refractivity contribution in [3.05, 3.63) is 82.1 Å². The van der Waals surface area contributed by atoms with E-state index in [9.17, 15) is 9.59 Å². The number of aromatic nitrogens is 2. The minimum atomic E-state index is -0.405. The summed E-state index contributed by atoms with van der Waals surface area (Å²) in [5, 5.41) is 5.12. The summed E-state index contributed by atoms with van der Waals surface area (Å²) in [6, 6.07) is 16.7. The van der Waals surface area contributed by atoms with E-state index in [1.165, 1.54) is 0 Å². The zero-order valence-electron chi connectivity index (χ0n) is 15.1. The van der Waals surface area contributed by atoms with Crippen LogP contribution in [0.4, 0.5) is 0 Å². The molecule has 2 N–H and O–H groups in total. The average Bonchev–Trinajstić information content (AvgIpc) is 3.31. The molecule has 0 bridgehead atoms. The number of fused-ring (bicyclic) bond motifs is 1. The van der Waals surface area contributed by atoms with Gasteiger partial charge in [-0.3, -0.25) is 20.4 Å². The molecule has 0 aliphatic heterocycles. The number of carbonyl (C=O) groups is 2. The predicted octanol–water partition coefficient (Wildman–Crippen LogP) is 3.02. The molecule has 1 aliphatic rings. The fourth-order valence-corrected chi connectivity index (χ4v) is 3.55. The Morgan fingerprint density at radius 2 is 1.75 bits per heavy atom. The highest BCUT2D eigenvalue weighted by Crippen LogP contribution is 2.27. The summed E-state index contributed by atoms with van der Waals surface area (Å²) in [6.07, 6.45) is 2.83. The van der Waals surface area contributed by atoms with Crippen LogP contribution in [0.5, 0.6) is 0 Å². The van der Waals surface area contributed by atoms with E-state index in [1.807, 2.05) is 35.0 Å². The van der Waals surface area contributed by atoms with Gasteiger partial charge in [0.05, 0.1) is 12.1 Å². The number of para-hydroxylation sites is 1. The van der Waals surface area contributed by atoms with Gasteiger partial charge in [0.25, 0.3) is 5.91 Å². The molecule has 2 aromatic carbocycles. The van der Waals surface area contributed by atoms with Gasteiger partial charge in [-0.15, -0.1) is 0 Å². The fourth-order valence-electron chi connectivity index (χ4n) is 3.42. The minimum Gasteiger partial charge on any atom is -0.273 e. The lowest BCUT2D eigenvalue weighted by Gasteiger charge is -2.07. The van der Waals surface area contributed by atoms with Crippen LogP contribution in [0.15, 0.2) is 54.6 Å². The number of carbonyl (C=O) groups excluding carboxylic acids is 2. The molecule has 1 aromatic heterocycles. The summed E-state index contributed by atoms with van der Waals surface area (Å²) >= 11 is 5.84. The molecule has 7 heteroatoms. The molecule has 0 spiro atoms. The lowest BCUT2D eigenvalue weighted by atomic mass is 10.1. The topological polar surface area (TPSA) is 76.0 Å². The first kappa shape index (κ1) is 18.3. The molecule has 28 heavy (non-hydrogen) atoms. The Balaban J connectivity index is 1.45. The molecule has 0 unspecified atom stereocenters. The van der Waals surface area contributed by atoms with Crippen LogP contribution >= 0.6 is 11.6 Å². The molecule has 0 fully saturated rings. The van der Waals surface area contributed by atoms with Gasteiger partial charge in [0.15, 0.2) is 5.69 Å². The Hall–Kier alpha value is -3.12. The second kappa shape index (κ2) is 7.86. The number of amides is 2. The third-order valence-corrected chi connectivity index (χ3v) is 4.99. The van der Waals surface area contributed by atoms with Gasteiger partial charge in [-0.25, -0.2) is 4.68 Å². The van der Waals surface area contributed by atoms with E-state index in [0.29, 0.717) is 10.7 Å². The molecule has 0 radical (unpaired) electrons. The van der Waals surface area contributed by atoms with Gasteiger partial charge in [-0.05, 0) is 49.1 Å². The van der Waals surface area contributed by atoms with Crippen molar-refractivity contribution in [2.24, 2.45) is 0 Å². The largest absolute Gasteiger partial charge is 0.290 e. The molecule has 6 nitrogen and oxygen atoms in total. The SMILES string of the molecule is O=C(Cc1ccc(Cl)cc1)NNC(=O)c1nn(-c2ccccc2)c2c1CCC2. The first-order chi connectivity index (χ1) is 13.6. The van der Waals surface area contributed by atoms with Crippen LogP contribution in [-0.4, -0.2) is 21.6 Å². The highest BCUT2D eigenvalue weighted by molar-refractivity contribution is 6.30. The van der Waals surface area contributed by atoms with Crippen LogP contribution in [-0.2, 0) is 24.1 Å². The van der Waals surface area contributed by atoms with Crippen LogP contribution in [0.25, 0.3) is 5.69 Å². The second-order valence-electron chi connectivity index (χ2n) is 6.68. The maximum Gasteiger partial charge on any atom is 0.290 e. The van der Waals surface area contributed by atoms with Gasteiger partial charge in [0.2, 0.25) is 5.91 Å². The molecule has 4 rings (SSSR count). The maximum absolute atomic E-state index is 12.6. The number of nitrogens with one attached hydrogen (secondary N) is 2. The van der Waals surface area contributed by atoms with Crippen LogP contribution in [0.3, 0.4) is 0 Å². The molecule has 142 valence electrons. The van der Waals surface area contributed by atoms with Crippen molar-refractivity contribution in [1.29, 1.82) is 0 Å². The number of hydrogen-bond acceptors (Lipinski definition) is 3. The van der Waals surface area contributed by atoms with Crippen molar-refractivity contribution in [2.45, 2.75) is 25.7 Å². The normalized spacial score (nSPS) is 12.5. The number of benzene rings is 2. The van der Waals surface area contributed by atoms with Gasteiger partial charge >= 0.3 is 0 Å². The fraction of sp³-hybridized carbons (Fsp3) is 0.190. The van der Waals surface area contributed by atoms with Crippen LogP contribution in [0, 0.1) is 0 Å². The summed E-state index contributed by atoms with van der Waals surface area (Å²) in [5.41, 5.74) is 9.06. The van der Waals surface area contributed by atoms with Crippen molar-refractivity contribution < 1.29 is 9.59 Å². The van der Waals surface area contributed by atoms with Crippen LogP contribution in [0.2, 0.25) is 5.02 Å². The number of hydrazine groups is 1. The molecule has 1 aliphatic carbocycles. The summed E-state index contributed by atoms with van der Waals surface area (Å²) in [7, 11) is 0. The van der Waals surface area contributed by atoms with Crippen LogP contribution < -0.4 is 10.9 Å². The van der Waals surface area contributed by atoms with Crippen LogP contribution in [0.1, 0.15) is 33.7 Å². The van der Waals surface area contributed by atoms with E-state index in [-0.39, 0.29) is 12.3 Å². The second-order valence-corrected chi connectivity index (χ2v) is 7.12. The van der Waals surface area contributed by atoms with E-state index in [2.05, 4.69) is 16.0 Å². The molecule has 3 aromatic rings. The lowest BCUT2D eigenvalue weighted by molar-refractivity contribution is -0.121. The monoisotopic (exact) mass is 394 g/mol. The van der Waals surface area contributed by atoms with Gasteiger partial charge < -0.3 is 0 Å². The Morgan fingerprint density at radius 3 is 2.50 bits per heavy atom. The first-order valence-corrected chi connectivity index (χ1v) is 9.49. The Bertz CT molecular complexity index is 1010. The van der Waals surface area contributed by atoms with Crippen molar-refractivity contribution >= 4 is 23.4 Å². The molecule has 1 heterocycles. The highest BCUT2D eigenvalue weighted by Gasteiger charge is 2.27. The number of nitrogens with zero attached hydrogens (tertiary/aromatic N) is 2. The molecule has 2 amide bonds. The lowest BCUT2D eigenvalue weighted by Crippen LogP contribution is -2.42. The van der Waals surface area contributed by atoms with E-state index in [0.717, 1.165) is 41.8 Å². The van der Waals surface area contributed by atoms with Gasteiger partial charge in [-0.2, -0.15) is 5.10 Å². The van der Waals surface area contributed by atoms with Crippen molar-refractivity contribution in [3.8, 4) is 5.69 Å². The summed E-state index contributed by atoms with van der Waals surface area (Å²) in [5.74, 6) is -0.716. The minimum absolute atomic E-state index is 0.147. The molecular formula is C21H19ClN4O2. The zero-order valence-corrected chi connectivity index (χ0v) is 15.9. The molecule has 0 atom stereocenters. The van der Waals surface area contributed by atoms with Crippen molar-refractivity contribution in [2.75, 3.05) is 0 Å². The van der Waals surface area contributed by atoms with E-state index >= 15 is 0 Å². The highest BCUT2D eigenvalue weighted by atomic mass is 35.5. The van der Waals surface area contributed by atoms with E-state index in [1.54, 1.807) is 24.3 Å². The molecular weight excluding hydrogens is 376 g/mol. The summed E-state index contributed by atoms with van der Waals surface area (Å²) in [6.45, 7) is 0. The third kappa shape index (κ3) is 3.77. The van der Waals surface area contributed by atoms with Gasteiger partial charge in [-0.1, -0.05) is 41.9 Å². The average molecular weight is 395 g/mol. The summed E-state index contributed by atoms with van der Waals surface area (Å²) < 4.78 is 1.83. The number of halogens is 1. The van der Waals surface area contributed by atoms with Gasteiger partial charge in [0.1, 0.15) is 0 Å². The summed E-state index contributed by atoms with van der Waals surface area (Å²) in [4.78, 5) is 24.7. The Kier molecular flexibility index (Phi) is 5.12. The van der Waals surface area contributed by atoms with Crippen molar-refractivity contribution in [3.63, 3.8) is 0 Å². The first-order valence-electron chi connectivity index (χ1n) is 9.11. The Labute approximate surface area is 167 Å².